The molecule has 1 rings (SSSR count). The second-order valence-corrected chi connectivity index (χ2v) is 4.29. The van der Waals surface area contributed by atoms with Crippen molar-refractivity contribution < 1.29 is 8.42 Å². The van der Waals surface area contributed by atoms with Gasteiger partial charge in [-0.3, -0.25) is 0 Å². The summed E-state index contributed by atoms with van der Waals surface area (Å²) in [5, 5.41) is 2.55. The summed E-state index contributed by atoms with van der Waals surface area (Å²) < 4.78 is 21.1. The lowest BCUT2D eigenvalue weighted by atomic mass is 10.3. The average Bonchev–Trinajstić information content (AvgIpc) is 1.16. The van der Waals surface area contributed by atoms with Crippen molar-refractivity contribution >= 4 is 9.84 Å². The number of hydrogen-bond donors (Lipinski definition) is 1. The monoisotopic (exact) mass is 135 g/mol. The molecule has 0 aromatic carbocycles. The Morgan fingerprint density at radius 1 is 1.62 bits per heavy atom. The van der Waals surface area contributed by atoms with E-state index in [9.17, 15) is 8.42 Å². The van der Waals surface area contributed by atoms with E-state index >= 15 is 0 Å². The summed E-state index contributed by atoms with van der Waals surface area (Å²) in [5.41, 5.74) is 0. The van der Waals surface area contributed by atoms with Gasteiger partial charge in [-0.2, -0.15) is 0 Å². The third-order valence-corrected chi connectivity index (χ3v) is 2.73. The molecule has 1 aliphatic heterocycles. The van der Waals surface area contributed by atoms with E-state index in [1.54, 1.807) is 0 Å². The minimum Gasteiger partial charge on any atom is -0.301 e. The Hall–Kier alpha value is -0.0900. The number of rotatable bonds is 1. The van der Waals surface area contributed by atoms with Crippen LogP contribution in [0.15, 0.2) is 0 Å². The van der Waals surface area contributed by atoms with E-state index in [2.05, 4.69) is 5.32 Å². The second kappa shape index (κ2) is 1.70. The van der Waals surface area contributed by atoms with Gasteiger partial charge in [0.05, 0.1) is 0 Å². The molecular weight excluding hydrogens is 126 g/mol. The fourth-order valence-corrected chi connectivity index (χ4v) is 1.59. The van der Waals surface area contributed by atoms with Crippen molar-refractivity contribution in [1.82, 2.24) is 5.32 Å². The van der Waals surface area contributed by atoms with Crippen LogP contribution in [0.4, 0.5) is 0 Å². The Morgan fingerprint density at radius 3 is 2.12 bits per heavy atom. The molecule has 0 aliphatic carbocycles. The summed E-state index contributed by atoms with van der Waals surface area (Å²) in [7, 11) is -2.78. The predicted molar refractivity (Wildman–Crippen MR) is 31.3 cm³/mol. The summed E-state index contributed by atoms with van der Waals surface area (Å²) in [6.07, 6.45) is 2.03. The van der Waals surface area contributed by atoms with E-state index in [0.717, 1.165) is 13.0 Å². The minimum absolute atomic E-state index is 0.248. The van der Waals surface area contributed by atoms with Crippen molar-refractivity contribution in [3.8, 4) is 0 Å². The van der Waals surface area contributed by atoms with Crippen LogP contribution in [0.1, 0.15) is 6.42 Å². The van der Waals surface area contributed by atoms with E-state index in [1.165, 1.54) is 6.26 Å². The average molecular weight is 135 g/mol. The first-order valence-electron chi connectivity index (χ1n) is 2.53. The maximum absolute atomic E-state index is 10.6. The van der Waals surface area contributed by atoms with Crippen LogP contribution in [0.5, 0.6) is 0 Å². The highest BCUT2D eigenvalue weighted by Gasteiger charge is 2.25. The van der Waals surface area contributed by atoms with E-state index in [4.69, 9.17) is 0 Å². The first kappa shape index (κ1) is 6.04. The van der Waals surface area contributed by atoms with Gasteiger partial charge in [0, 0.05) is 6.26 Å². The van der Waals surface area contributed by atoms with Crippen LogP contribution in [0.3, 0.4) is 0 Å². The smallest absolute Gasteiger partial charge is 0.163 e. The largest absolute Gasteiger partial charge is 0.301 e. The van der Waals surface area contributed by atoms with Gasteiger partial charge in [-0.15, -0.1) is 0 Å². The summed E-state index contributed by atoms with van der Waals surface area (Å²) >= 11 is 0. The molecule has 0 radical (unpaired) electrons. The van der Waals surface area contributed by atoms with Crippen molar-refractivity contribution in [1.29, 1.82) is 0 Å². The van der Waals surface area contributed by atoms with Gasteiger partial charge in [-0.25, -0.2) is 8.42 Å². The van der Waals surface area contributed by atoms with Crippen LogP contribution >= 0.6 is 0 Å². The molecule has 8 heavy (non-hydrogen) atoms. The van der Waals surface area contributed by atoms with E-state index < -0.39 is 9.84 Å². The molecule has 1 N–H and O–H groups in total. The van der Waals surface area contributed by atoms with Crippen LogP contribution in [0, 0.1) is 0 Å². The molecular formula is C4H9NO2S. The number of hydrogen-bond acceptors (Lipinski definition) is 3. The molecule has 1 fully saturated rings. The molecule has 4 heteroatoms. The molecule has 1 atom stereocenters. The fraction of sp³-hybridized carbons (Fsp3) is 1.00. The van der Waals surface area contributed by atoms with Crippen LogP contribution in [0.25, 0.3) is 0 Å². The normalized spacial score (nSPS) is 29.4. The zero-order valence-electron chi connectivity index (χ0n) is 4.72. The van der Waals surface area contributed by atoms with Crippen molar-refractivity contribution in [3.63, 3.8) is 0 Å². The van der Waals surface area contributed by atoms with Gasteiger partial charge in [0.25, 0.3) is 0 Å². The number of sulfone groups is 1. The summed E-state index contributed by atoms with van der Waals surface area (Å²) in [6, 6.07) is 0. The molecule has 1 aliphatic rings. The van der Waals surface area contributed by atoms with Gasteiger partial charge >= 0.3 is 0 Å². The Balaban J connectivity index is 2.60. The maximum Gasteiger partial charge on any atom is 0.163 e. The summed E-state index contributed by atoms with van der Waals surface area (Å²) in [5.74, 6) is 0. The third kappa shape index (κ3) is 1.00. The summed E-state index contributed by atoms with van der Waals surface area (Å²) in [6.45, 7) is 0.845. The fourth-order valence-electron chi connectivity index (χ4n) is 0.628. The first-order chi connectivity index (χ1) is 3.61. The predicted octanol–water partition coefficient (Wildman–Crippen LogP) is -0.650. The van der Waals surface area contributed by atoms with Gasteiger partial charge in [-0.1, -0.05) is 0 Å². The highest BCUT2D eigenvalue weighted by molar-refractivity contribution is 7.91. The van der Waals surface area contributed by atoms with Crippen LogP contribution in [-0.2, 0) is 9.84 Å². The third-order valence-electron chi connectivity index (χ3n) is 1.30. The SMILES string of the molecule is CS(=O)(=O)C1CCN1. The molecule has 1 unspecified atom stereocenters. The lowest BCUT2D eigenvalue weighted by molar-refractivity contribution is 0.451. The minimum atomic E-state index is -2.78. The van der Waals surface area contributed by atoms with Gasteiger partial charge < -0.3 is 5.32 Å². The quantitative estimate of drug-likeness (QED) is 0.519. The lowest BCUT2D eigenvalue weighted by Gasteiger charge is -2.25. The molecule has 1 saturated heterocycles. The lowest BCUT2D eigenvalue weighted by Crippen LogP contribution is -2.47. The zero-order chi connectivity index (χ0) is 6.20. The van der Waals surface area contributed by atoms with Crippen LogP contribution in [-0.4, -0.2) is 26.6 Å². The molecule has 0 spiro atoms. The van der Waals surface area contributed by atoms with Crippen molar-refractivity contribution in [2.45, 2.75) is 11.8 Å². The van der Waals surface area contributed by atoms with Crippen LogP contribution in [0.2, 0.25) is 0 Å². The molecule has 0 aromatic rings. The second-order valence-electron chi connectivity index (χ2n) is 2.06. The molecule has 0 aromatic heterocycles. The molecule has 1 heterocycles. The van der Waals surface area contributed by atoms with E-state index in [0.29, 0.717) is 0 Å². The Kier molecular flexibility index (Phi) is 1.28. The standard InChI is InChI=1S/C4H9NO2S/c1-8(6,7)4-2-3-5-4/h4-5H,2-3H2,1H3. The highest BCUT2D eigenvalue weighted by atomic mass is 32.2. The van der Waals surface area contributed by atoms with E-state index in [-0.39, 0.29) is 5.37 Å². The highest BCUT2D eigenvalue weighted by Crippen LogP contribution is 2.07. The maximum atomic E-state index is 10.6. The molecule has 48 valence electrons. The number of nitrogens with one attached hydrogen (secondary N) is 1. The molecule has 3 nitrogen and oxygen atoms in total. The Labute approximate surface area is 49.0 Å². The Bertz CT molecular complexity index is 168. The van der Waals surface area contributed by atoms with Crippen molar-refractivity contribution in [2.75, 3.05) is 12.8 Å². The van der Waals surface area contributed by atoms with Gasteiger partial charge in [0.2, 0.25) is 0 Å². The molecule has 0 saturated carbocycles. The first-order valence-corrected chi connectivity index (χ1v) is 4.48. The van der Waals surface area contributed by atoms with Crippen LogP contribution < -0.4 is 5.32 Å². The van der Waals surface area contributed by atoms with Gasteiger partial charge in [0.1, 0.15) is 5.37 Å². The van der Waals surface area contributed by atoms with Crippen molar-refractivity contribution in [2.24, 2.45) is 0 Å². The van der Waals surface area contributed by atoms with E-state index in [1.807, 2.05) is 0 Å². The van der Waals surface area contributed by atoms with Gasteiger partial charge in [0.15, 0.2) is 9.84 Å². The summed E-state index contributed by atoms with van der Waals surface area (Å²) in [4.78, 5) is 0. The molecule has 0 amide bonds. The zero-order valence-corrected chi connectivity index (χ0v) is 5.53. The van der Waals surface area contributed by atoms with Gasteiger partial charge in [-0.05, 0) is 13.0 Å². The Morgan fingerprint density at radius 2 is 2.12 bits per heavy atom. The topological polar surface area (TPSA) is 46.2 Å². The molecule has 0 bridgehead atoms. The van der Waals surface area contributed by atoms with Crippen molar-refractivity contribution in [3.05, 3.63) is 0 Å².